The van der Waals surface area contributed by atoms with Crippen molar-refractivity contribution in [1.82, 2.24) is 4.90 Å². The Balaban J connectivity index is 0. The molecule has 0 aliphatic carbocycles. The number of hydrogen-bond acceptors (Lipinski definition) is 2. The average Bonchev–Trinajstić information content (AvgIpc) is 1.99. The van der Waals surface area contributed by atoms with Crippen LogP contribution in [0.4, 0.5) is 9.59 Å². The quantitative estimate of drug-likeness (QED) is 0.445. The van der Waals surface area contributed by atoms with Crippen LogP contribution >= 0.6 is 35.6 Å². The molecule has 0 rings (SSSR count). The maximum absolute atomic E-state index is 10.8. The van der Waals surface area contributed by atoms with Gasteiger partial charge in [-0.1, -0.05) is 0 Å². The van der Waals surface area contributed by atoms with Crippen LogP contribution in [-0.4, -0.2) is 54.3 Å². The molecule has 0 radical (unpaired) electrons. The van der Waals surface area contributed by atoms with Gasteiger partial charge in [-0.05, 0) is 11.6 Å². The highest BCUT2D eigenvalue weighted by Gasteiger charge is 2.24. The fourth-order valence-electron chi connectivity index (χ4n) is 0.576. The van der Waals surface area contributed by atoms with Crippen LogP contribution in [0.5, 0.6) is 0 Å². The fraction of sp³-hybridized carbons (Fsp3) is 0.714. The van der Waals surface area contributed by atoms with Crippen LogP contribution < -0.4 is 0 Å². The summed E-state index contributed by atoms with van der Waals surface area (Å²) < 4.78 is 0.0239. The molecule has 0 spiro atoms. The minimum atomic E-state index is -0.540. The summed E-state index contributed by atoms with van der Waals surface area (Å²) in [6, 6.07) is 0. The lowest BCUT2D eigenvalue weighted by Crippen LogP contribution is -2.46. The van der Waals surface area contributed by atoms with Gasteiger partial charge in [0.05, 0.1) is 20.6 Å². The molecule has 0 atom stereocenters. The van der Waals surface area contributed by atoms with Crippen LogP contribution in [0, 0.1) is 0 Å². The highest BCUT2D eigenvalue weighted by atomic mass is 35.5. The first-order valence-electron chi connectivity index (χ1n) is 3.71. The van der Waals surface area contributed by atoms with Crippen LogP contribution in [0.1, 0.15) is 0 Å². The molecule has 0 saturated heterocycles. The van der Waals surface area contributed by atoms with E-state index in [0.717, 1.165) is 0 Å². The van der Waals surface area contributed by atoms with Gasteiger partial charge in [-0.15, -0.1) is 12.4 Å². The van der Waals surface area contributed by atoms with Crippen molar-refractivity contribution in [2.75, 3.05) is 34.2 Å². The lowest BCUT2D eigenvalue weighted by atomic mass is 10.5. The molecule has 7 heteroatoms. The monoisotopic (exact) mass is 263 g/mol. The second-order valence-electron chi connectivity index (χ2n) is 3.34. The topological polar surface area (TPSA) is 37.4 Å². The van der Waals surface area contributed by atoms with Gasteiger partial charge in [0.15, 0.2) is 0 Å². The number of nitrogens with zero attached hydrogens (tertiary/aromatic N) is 2. The molecule has 0 fully saturated rings. The van der Waals surface area contributed by atoms with Gasteiger partial charge in [0.1, 0.15) is 6.54 Å². The summed E-state index contributed by atoms with van der Waals surface area (Å²) in [4.78, 5) is 22.8. The van der Waals surface area contributed by atoms with E-state index in [9.17, 15) is 9.59 Å². The van der Waals surface area contributed by atoms with Gasteiger partial charge >= 0.3 is 10.7 Å². The van der Waals surface area contributed by atoms with Gasteiger partial charge in [0.25, 0.3) is 0 Å². The minimum absolute atomic E-state index is 0. The number of likely N-dealkylation sites (N-methyl/N-ethyl adjacent to an activating group) is 2. The Labute approximate surface area is 99.7 Å². The van der Waals surface area contributed by atoms with Crippen molar-refractivity contribution >= 4 is 46.3 Å². The van der Waals surface area contributed by atoms with E-state index in [0.29, 0.717) is 13.1 Å². The molecule has 0 heterocycles. The van der Waals surface area contributed by atoms with Crippen LogP contribution in [0.25, 0.3) is 0 Å². The zero-order valence-electron chi connectivity index (χ0n) is 8.29. The molecule has 4 nitrogen and oxygen atoms in total. The molecule has 0 aliphatic rings. The molecule has 0 aliphatic heterocycles. The standard InChI is InChI=1S/C7H13Cl2N2O2.ClH/c1-10(6(8)12)4-5-11(2,3)7(9)13;/h4-5H2,1-3H3;1H/q+1;. The first-order valence-corrected chi connectivity index (χ1v) is 4.46. The lowest BCUT2D eigenvalue weighted by Gasteiger charge is -2.25. The molecule has 0 aromatic heterocycles. The van der Waals surface area contributed by atoms with Gasteiger partial charge in [-0.25, -0.2) is 9.28 Å². The Morgan fingerprint density at radius 2 is 1.71 bits per heavy atom. The highest BCUT2D eigenvalue weighted by Crippen LogP contribution is 2.04. The Bertz CT molecular complexity index is 221. The number of quaternary nitrogens is 1. The van der Waals surface area contributed by atoms with Gasteiger partial charge in [0, 0.05) is 18.6 Å². The van der Waals surface area contributed by atoms with Crippen molar-refractivity contribution in [2.45, 2.75) is 0 Å². The highest BCUT2D eigenvalue weighted by molar-refractivity contribution is 6.62. The summed E-state index contributed by atoms with van der Waals surface area (Å²) in [7, 11) is 4.90. The fourth-order valence-corrected chi connectivity index (χ4v) is 0.745. The maximum Gasteiger partial charge on any atom is 0.411 e. The second kappa shape index (κ2) is 6.45. The first-order chi connectivity index (χ1) is 5.77. The van der Waals surface area contributed by atoms with Gasteiger partial charge in [0.2, 0.25) is 0 Å². The molecular weight excluding hydrogens is 250 g/mol. The van der Waals surface area contributed by atoms with Gasteiger partial charge < -0.3 is 4.90 Å². The van der Waals surface area contributed by atoms with Crippen LogP contribution in [0.2, 0.25) is 0 Å². The third-order valence-electron chi connectivity index (χ3n) is 1.77. The second-order valence-corrected chi connectivity index (χ2v) is 3.98. The van der Waals surface area contributed by atoms with E-state index in [1.165, 1.54) is 4.90 Å². The van der Waals surface area contributed by atoms with Crippen LogP contribution in [0.3, 0.4) is 0 Å². The summed E-state index contributed by atoms with van der Waals surface area (Å²) in [5.41, 5.74) is 0. The summed E-state index contributed by atoms with van der Waals surface area (Å²) in [6.07, 6.45) is 0. The normalized spacial score (nSPS) is 10.4. The third-order valence-corrected chi connectivity index (χ3v) is 2.52. The van der Waals surface area contributed by atoms with Crippen LogP contribution in [-0.2, 0) is 0 Å². The Morgan fingerprint density at radius 1 is 1.29 bits per heavy atom. The first kappa shape index (κ1) is 16.4. The SMILES string of the molecule is CN(CC[N+](C)(C)C(=O)Cl)C(=O)Cl.Cl. The average molecular weight is 265 g/mol. The molecule has 0 saturated carbocycles. The van der Waals surface area contributed by atoms with Gasteiger partial charge in [-0.3, -0.25) is 4.79 Å². The van der Waals surface area contributed by atoms with Crippen molar-refractivity contribution in [2.24, 2.45) is 0 Å². The summed E-state index contributed by atoms with van der Waals surface area (Å²) in [6.45, 7) is 0.838. The Hall–Kier alpha value is -0.0300. The van der Waals surface area contributed by atoms with Crippen molar-refractivity contribution in [1.29, 1.82) is 0 Å². The maximum atomic E-state index is 10.8. The predicted molar refractivity (Wildman–Crippen MR) is 59.4 cm³/mol. The van der Waals surface area contributed by atoms with E-state index < -0.39 is 10.7 Å². The summed E-state index contributed by atoms with van der Waals surface area (Å²) >= 11 is 10.5. The van der Waals surface area contributed by atoms with Gasteiger partial charge in [-0.2, -0.15) is 0 Å². The third kappa shape index (κ3) is 5.65. The van der Waals surface area contributed by atoms with E-state index in [-0.39, 0.29) is 16.9 Å². The Morgan fingerprint density at radius 3 is 2.00 bits per heavy atom. The number of rotatable bonds is 3. The molecule has 0 aromatic rings. The zero-order chi connectivity index (χ0) is 10.6. The van der Waals surface area contributed by atoms with E-state index >= 15 is 0 Å². The van der Waals surface area contributed by atoms with Crippen LogP contribution in [0.15, 0.2) is 0 Å². The van der Waals surface area contributed by atoms with E-state index in [1.54, 1.807) is 21.1 Å². The smallest absolute Gasteiger partial charge is 0.327 e. The molecule has 0 N–H and O–H groups in total. The number of carbonyl (C=O) groups excluding carboxylic acids is 2. The minimum Gasteiger partial charge on any atom is -0.327 e. The van der Waals surface area contributed by atoms with Crippen molar-refractivity contribution in [3.63, 3.8) is 0 Å². The molecule has 14 heavy (non-hydrogen) atoms. The summed E-state index contributed by atoms with van der Waals surface area (Å²) in [5.74, 6) is 0. The molecular formula is C7H14Cl3N2O2+. The van der Waals surface area contributed by atoms with Crippen molar-refractivity contribution in [3.8, 4) is 0 Å². The van der Waals surface area contributed by atoms with E-state index in [1.807, 2.05) is 0 Å². The zero-order valence-corrected chi connectivity index (χ0v) is 10.6. The number of amides is 2. The molecule has 0 bridgehead atoms. The molecule has 0 unspecified atom stereocenters. The Kier molecular flexibility index (Phi) is 7.56. The van der Waals surface area contributed by atoms with E-state index in [4.69, 9.17) is 23.2 Å². The summed E-state index contributed by atoms with van der Waals surface area (Å²) in [5, 5.41) is -1.00. The number of halogens is 3. The number of hydrogen-bond donors (Lipinski definition) is 0. The predicted octanol–water partition coefficient (Wildman–Crippen LogP) is 2.13. The lowest BCUT2D eigenvalue weighted by molar-refractivity contribution is -0.802. The number of carbonyl (C=O) groups is 2. The van der Waals surface area contributed by atoms with E-state index in [2.05, 4.69) is 0 Å². The molecule has 2 amide bonds. The van der Waals surface area contributed by atoms with Crippen molar-refractivity contribution in [3.05, 3.63) is 0 Å². The molecule has 84 valence electrons. The van der Waals surface area contributed by atoms with Crippen molar-refractivity contribution < 1.29 is 14.1 Å². The molecule has 0 aromatic carbocycles. The largest absolute Gasteiger partial charge is 0.411 e.